The van der Waals surface area contributed by atoms with E-state index in [1.807, 2.05) is 4.90 Å². The Morgan fingerprint density at radius 1 is 1.39 bits per heavy atom. The van der Waals surface area contributed by atoms with Crippen LogP contribution < -0.4 is 10.2 Å². The first-order chi connectivity index (χ1) is 11.3. The fraction of sp³-hybridized carbons (Fsp3) is 0.571. The first-order valence-corrected chi connectivity index (χ1v) is 7.51. The van der Waals surface area contributed by atoms with Gasteiger partial charge in [0.15, 0.2) is 5.69 Å². The Kier molecular flexibility index (Phi) is 4.99. The molecular formula is C14H19N5O4. The molecule has 124 valence electrons. The van der Waals surface area contributed by atoms with Gasteiger partial charge in [0, 0.05) is 33.4 Å². The average molecular weight is 321 g/mol. The van der Waals surface area contributed by atoms with Crippen molar-refractivity contribution in [2.45, 2.75) is 6.42 Å². The summed E-state index contributed by atoms with van der Waals surface area (Å²) in [6.07, 6.45) is 2.14. The molecule has 9 nitrogen and oxygen atoms in total. The number of hydrogen-bond donors (Lipinski definition) is 1. The van der Waals surface area contributed by atoms with Gasteiger partial charge in [-0.15, -0.1) is 0 Å². The lowest BCUT2D eigenvalue weighted by atomic mass is 10.2. The molecule has 0 aromatic carbocycles. The molecule has 2 aromatic heterocycles. The molecule has 0 bridgehead atoms. The molecule has 0 spiro atoms. The molecular weight excluding hydrogens is 302 g/mol. The fourth-order valence-electron chi connectivity index (χ4n) is 2.44. The molecule has 0 aliphatic carbocycles. The van der Waals surface area contributed by atoms with Crippen LogP contribution in [-0.2, 0) is 9.47 Å². The molecule has 1 amide bonds. The maximum Gasteiger partial charge on any atom is 0.274 e. The Balaban J connectivity index is 1.84. The van der Waals surface area contributed by atoms with Gasteiger partial charge in [-0.3, -0.25) is 4.79 Å². The van der Waals surface area contributed by atoms with Crippen LogP contribution in [0.15, 0.2) is 10.9 Å². The SMILES string of the molecule is COCCCNC(=O)c1noc2ncnc(N3CCOCC3)c12. The number of nitrogens with one attached hydrogen (secondary N) is 1. The van der Waals surface area contributed by atoms with Crippen molar-refractivity contribution in [2.24, 2.45) is 0 Å². The Morgan fingerprint density at radius 2 is 2.22 bits per heavy atom. The van der Waals surface area contributed by atoms with E-state index >= 15 is 0 Å². The molecule has 1 fully saturated rings. The van der Waals surface area contributed by atoms with Crippen molar-refractivity contribution in [1.82, 2.24) is 20.4 Å². The van der Waals surface area contributed by atoms with E-state index in [0.29, 0.717) is 56.4 Å². The number of aromatic nitrogens is 3. The Hall–Kier alpha value is -2.26. The van der Waals surface area contributed by atoms with E-state index in [1.54, 1.807) is 7.11 Å². The van der Waals surface area contributed by atoms with Gasteiger partial charge in [-0.25, -0.2) is 4.98 Å². The number of anilines is 1. The number of amides is 1. The molecule has 1 aliphatic heterocycles. The summed E-state index contributed by atoms with van der Waals surface area (Å²) in [5.74, 6) is 0.353. The Morgan fingerprint density at radius 3 is 3.00 bits per heavy atom. The van der Waals surface area contributed by atoms with Gasteiger partial charge >= 0.3 is 0 Å². The summed E-state index contributed by atoms with van der Waals surface area (Å²) in [4.78, 5) is 22.8. The lowest BCUT2D eigenvalue weighted by Crippen LogP contribution is -2.37. The summed E-state index contributed by atoms with van der Waals surface area (Å²) >= 11 is 0. The molecule has 9 heteroatoms. The second-order valence-corrected chi connectivity index (χ2v) is 5.11. The Bertz CT molecular complexity index is 668. The van der Waals surface area contributed by atoms with Gasteiger partial charge in [0.25, 0.3) is 11.6 Å². The van der Waals surface area contributed by atoms with Crippen LogP contribution in [0.1, 0.15) is 16.9 Å². The van der Waals surface area contributed by atoms with Gasteiger partial charge in [0.05, 0.1) is 13.2 Å². The van der Waals surface area contributed by atoms with E-state index in [9.17, 15) is 4.79 Å². The maximum absolute atomic E-state index is 12.3. The predicted molar refractivity (Wildman–Crippen MR) is 81.5 cm³/mol. The first-order valence-electron chi connectivity index (χ1n) is 7.51. The number of carbonyl (C=O) groups excluding carboxylic acids is 1. The van der Waals surface area contributed by atoms with Crippen molar-refractivity contribution >= 4 is 22.8 Å². The lowest BCUT2D eigenvalue weighted by molar-refractivity contribution is 0.0941. The molecule has 2 aromatic rings. The third-order valence-electron chi connectivity index (χ3n) is 3.59. The summed E-state index contributed by atoms with van der Waals surface area (Å²) in [6, 6.07) is 0. The summed E-state index contributed by atoms with van der Waals surface area (Å²) in [7, 11) is 1.62. The van der Waals surface area contributed by atoms with E-state index in [4.69, 9.17) is 14.0 Å². The van der Waals surface area contributed by atoms with Crippen LogP contribution >= 0.6 is 0 Å². The third kappa shape index (κ3) is 3.40. The molecule has 0 unspecified atom stereocenters. The fourth-order valence-corrected chi connectivity index (χ4v) is 2.44. The van der Waals surface area contributed by atoms with Gasteiger partial charge in [0.1, 0.15) is 17.5 Å². The zero-order valence-corrected chi connectivity index (χ0v) is 12.9. The second-order valence-electron chi connectivity index (χ2n) is 5.11. The normalized spacial score (nSPS) is 15.1. The topological polar surface area (TPSA) is 103 Å². The van der Waals surface area contributed by atoms with Crippen molar-refractivity contribution in [3.63, 3.8) is 0 Å². The van der Waals surface area contributed by atoms with Crippen LogP contribution in [0.2, 0.25) is 0 Å². The molecule has 3 rings (SSSR count). The lowest BCUT2D eigenvalue weighted by Gasteiger charge is -2.27. The van der Waals surface area contributed by atoms with E-state index in [2.05, 4.69) is 20.4 Å². The highest BCUT2D eigenvalue weighted by Crippen LogP contribution is 2.26. The predicted octanol–water partition coefficient (Wildman–Crippen LogP) is 0.221. The highest BCUT2D eigenvalue weighted by molar-refractivity contribution is 6.07. The minimum Gasteiger partial charge on any atom is -0.385 e. The van der Waals surface area contributed by atoms with Crippen LogP contribution in [0.4, 0.5) is 5.82 Å². The van der Waals surface area contributed by atoms with Gasteiger partial charge < -0.3 is 24.2 Å². The van der Waals surface area contributed by atoms with Crippen molar-refractivity contribution < 1.29 is 18.8 Å². The number of ether oxygens (including phenoxy) is 2. The molecule has 0 radical (unpaired) electrons. The van der Waals surface area contributed by atoms with Gasteiger partial charge in [0.2, 0.25) is 0 Å². The number of methoxy groups -OCH3 is 1. The molecule has 1 aliphatic rings. The second kappa shape index (κ2) is 7.34. The number of fused-ring (bicyclic) bond motifs is 1. The standard InChI is InChI=1S/C14H19N5O4/c1-21-6-2-3-15-13(20)11-10-12(19-4-7-22-8-5-19)16-9-17-14(10)23-18-11/h9H,2-8H2,1H3,(H,15,20). The van der Waals surface area contributed by atoms with Gasteiger partial charge in [-0.1, -0.05) is 5.16 Å². The summed E-state index contributed by atoms with van der Waals surface area (Å²) < 4.78 is 15.5. The maximum atomic E-state index is 12.3. The number of carbonyl (C=O) groups is 1. The summed E-state index contributed by atoms with van der Waals surface area (Å²) in [5, 5.41) is 7.21. The molecule has 1 saturated heterocycles. The largest absolute Gasteiger partial charge is 0.385 e. The van der Waals surface area contributed by atoms with Crippen molar-refractivity contribution in [1.29, 1.82) is 0 Å². The van der Waals surface area contributed by atoms with Crippen LogP contribution in [0.25, 0.3) is 11.1 Å². The zero-order valence-electron chi connectivity index (χ0n) is 12.9. The molecule has 3 heterocycles. The van der Waals surface area contributed by atoms with Gasteiger partial charge in [-0.05, 0) is 6.42 Å². The third-order valence-corrected chi connectivity index (χ3v) is 3.59. The van der Waals surface area contributed by atoms with Gasteiger partial charge in [-0.2, -0.15) is 4.98 Å². The van der Waals surface area contributed by atoms with E-state index in [0.717, 1.165) is 6.42 Å². The monoisotopic (exact) mass is 321 g/mol. The number of morpholine rings is 1. The highest BCUT2D eigenvalue weighted by Gasteiger charge is 2.24. The molecule has 1 N–H and O–H groups in total. The van der Waals surface area contributed by atoms with Crippen molar-refractivity contribution in [3.8, 4) is 0 Å². The van der Waals surface area contributed by atoms with Crippen LogP contribution in [-0.4, -0.2) is 67.6 Å². The molecule has 0 saturated carbocycles. The van der Waals surface area contributed by atoms with E-state index in [-0.39, 0.29) is 11.6 Å². The average Bonchev–Trinajstić information content (AvgIpc) is 3.03. The van der Waals surface area contributed by atoms with Crippen molar-refractivity contribution in [2.75, 3.05) is 51.5 Å². The first kappa shape index (κ1) is 15.6. The van der Waals surface area contributed by atoms with E-state index < -0.39 is 0 Å². The smallest absolute Gasteiger partial charge is 0.274 e. The van der Waals surface area contributed by atoms with Crippen LogP contribution in [0.3, 0.4) is 0 Å². The number of hydrogen-bond acceptors (Lipinski definition) is 8. The summed E-state index contributed by atoms with van der Waals surface area (Å²) in [5.41, 5.74) is 0.517. The quantitative estimate of drug-likeness (QED) is 0.754. The molecule has 0 atom stereocenters. The highest BCUT2D eigenvalue weighted by atomic mass is 16.5. The minimum atomic E-state index is -0.302. The minimum absolute atomic E-state index is 0.208. The summed E-state index contributed by atoms with van der Waals surface area (Å²) in [6.45, 7) is 3.73. The number of rotatable bonds is 6. The van der Waals surface area contributed by atoms with Crippen LogP contribution in [0.5, 0.6) is 0 Å². The zero-order chi connectivity index (χ0) is 16.1. The van der Waals surface area contributed by atoms with Crippen LogP contribution in [0, 0.1) is 0 Å². The van der Waals surface area contributed by atoms with E-state index in [1.165, 1.54) is 6.33 Å². The van der Waals surface area contributed by atoms with Crippen molar-refractivity contribution in [3.05, 3.63) is 12.0 Å². The Labute approximate surface area is 132 Å². The molecule has 23 heavy (non-hydrogen) atoms. The number of nitrogens with zero attached hydrogens (tertiary/aromatic N) is 4.